The number of carbonyl (C=O) groups excluding carboxylic acids is 2. The molecule has 0 aliphatic heterocycles. The summed E-state index contributed by atoms with van der Waals surface area (Å²) in [6.07, 6.45) is 9.92. The summed E-state index contributed by atoms with van der Waals surface area (Å²) >= 11 is 0. The molecule has 1 aliphatic rings. The van der Waals surface area contributed by atoms with Crippen molar-refractivity contribution in [1.82, 2.24) is 5.32 Å². The summed E-state index contributed by atoms with van der Waals surface area (Å²) in [5, 5.41) is 3.16. The fraction of sp³-hybridized carbons (Fsp3) is 0.680. The molecule has 1 saturated carbocycles. The Morgan fingerprint density at radius 1 is 1.00 bits per heavy atom. The second kappa shape index (κ2) is 14.1. The number of amides is 1. The number of carbonyl (C=O) groups is 2. The van der Waals surface area contributed by atoms with Crippen LogP contribution < -0.4 is 5.32 Å². The van der Waals surface area contributed by atoms with Crippen LogP contribution in [0, 0.1) is 11.8 Å². The minimum atomic E-state index is -0.326. The van der Waals surface area contributed by atoms with Gasteiger partial charge in [-0.25, -0.2) is 4.79 Å². The van der Waals surface area contributed by atoms with Crippen LogP contribution in [-0.4, -0.2) is 24.7 Å². The molecule has 0 radical (unpaired) electrons. The van der Waals surface area contributed by atoms with Crippen LogP contribution in [0.25, 0.3) is 0 Å². The lowest BCUT2D eigenvalue weighted by Gasteiger charge is -2.32. The van der Waals surface area contributed by atoms with Gasteiger partial charge in [-0.2, -0.15) is 0 Å². The van der Waals surface area contributed by atoms with Gasteiger partial charge in [0.15, 0.2) is 0 Å². The van der Waals surface area contributed by atoms with Gasteiger partial charge < -0.3 is 14.8 Å². The highest BCUT2D eigenvalue weighted by atomic mass is 16.5. The topological polar surface area (TPSA) is 64.6 Å². The van der Waals surface area contributed by atoms with E-state index in [0.29, 0.717) is 31.5 Å². The number of unbranched alkanes of at least 4 members (excludes halogenated alkanes) is 2. The molecular weight excluding hydrogens is 378 g/mol. The van der Waals surface area contributed by atoms with Crippen LogP contribution in [0.3, 0.4) is 0 Å². The van der Waals surface area contributed by atoms with Crippen molar-refractivity contribution >= 4 is 12.1 Å². The Hall–Kier alpha value is -2.04. The lowest BCUT2D eigenvalue weighted by molar-refractivity contribution is -0.144. The Morgan fingerprint density at radius 2 is 1.80 bits per heavy atom. The van der Waals surface area contributed by atoms with E-state index in [1.54, 1.807) is 0 Å². The second-order valence-electron chi connectivity index (χ2n) is 8.45. The Morgan fingerprint density at radius 3 is 2.53 bits per heavy atom. The first-order chi connectivity index (χ1) is 14.6. The maximum absolute atomic E-state index is 12.4. The van der Waals surface area contributed by atoms with Gasteiger partial charge in [0.05, 0.1) is 6.61 Å². The van der Waals surface area contributed by atoms with Crippen molar-refractivity contribution in [3.63, 3.8) is 0 Å². The number of hydrogen-bond acceptors (Lipinski definition) is 4. The second-order valence-corrected chi connectivity index (χ2v) is 8.45. The van der Waals surface area contributed by atoms with E-state index in [4.69, 9.17) is 9.47 Å². The molecular formula is C25H39NO4. The Labute approximate surface area is 181 Å². The van der Waals surface area contributed by atoms with Crippen LogP contribution in [0.4, 0.5) is 4.79 Å². The highest BCUT2D eigenvalue weighted by Gasteiger charge is 2.28. The number of nitrogens with one attached hydrogen (secondary N) is 1. The minimum absolute atomic E-state index is 0.0789. The van der Waals surface area contributed by atoms with Crippen LogP contribution in [0.5, 0.6) is 0 Å². The first kappa shape index (κ1) is 24.2. The molecule has 1 fully saturated rings. The number of ether oxygens (including phenoxy) is 2. The van der Waals surface area contributed by atoms with Gasteiger partial charge in [-0.3, -0.25) is 4.79 Å². The van der Waals surface area contributed by atoms with Crippen LogP contribution in [-0.2, 0) is 20.9 Å². The van der Waals surface area contributed by atoms with E-state index in [-0.39, 0.29) is 18.1 Å². The third-order valence-corrected chi connectivity index (χ3v) is 6.10. The summed E-state index contributed by atoms with van der Waals surface area (Å²) in [4.78, 5) is 24.4. The van der Waals surface area contributed by atoms with Crippen molar-refractivity contribution in [1.29, 1.82) is 0 Å². The van der Waals surface area contributed by atoms with Crippen molar-refractivity contribution in [3.05, 3.63) is 35.9 Å². The van der Waals surface area contributed by atoms with Gasteiger partial charge in [0.25, 0.3) is 0 Å². The summed E-state index contributed by atoms with van der Waals surface area (Å²) in [5.41, 5.74) is 0.992. The molecule has 2 rings (SSSR count). The summed E-state index contributed by atoms with van der Waals surface area (Å²) in [6, 6.07) is 9.91. The Bertz CT molecular complexity index is 619. The van der Waals surface area contributed by atoms with E-state index >= 15 is 0 Å². The van der Waals surface area contributed by atoms with E-state index in [0.717, 1.165) is 44.1 Å². The molecule has 1 aromatic carbocycles. The quantitative estimate of drug-likeness (QED) is 0.374. The highest BCUT2D eigenvalue weighted by molar-refractivity contribution is 5.69. The van der Waals surface area contributed by atoms with Crippen molar-refractivity contribution in [3.8, 4) is 0 Å². The van der Waals surface area contributed by atoms with Crippen molar-refractivity contribution < 1.29 is 19.1 Å². The zero-order valence-corrected chi connectivity index (χ0v) is 18.7. The van der Waals surface area contributed by atoms with E-state index in [1.807, 2.05) is 37.3 Å². The Balaban J connectivity index is 1.89. The van der Waals surface area contributed by atoms with Gasteiger partial charge in [0.1, 0.15) is 6.61 Å². The van der Waals surface area contributed by atoms with Gasteiger partial charge in [-0.1, -0.05) is 62.9 Å². The summed E-state index contributed by atoms with van der Waals surface area (Å²) in [6.45, 7) is 4.81. The Kier molecular flexibility index (Phi) is 11.3. The predicted molar refractivity (Wildman–Crippen MR) is 119 cm³/mol. The van der Waals surface area contributed by atoms with Crippen LogP contribution in [0.2, 0.25) is 0 Å². The lowest BCUT2D eigenvalue weighted by atomic mass is 9.79. The average Bonchev–Trinajstić information content (AvgIpc) is 2.73. The molecule has 3 atom stereocenters. The number of alkyl carbamates (subject to hydrolysis) is 1. The van der Waals surface area contributed by atoms with Crippen LogP contribution in [0.1, 0.15) is 83.6 Å². The lowest BCUT2D eigenvalue weighted by Crippen LogP contribution is -2.41. The van der Waals surface area contributed by atoms with Gasteiger partial charge in [-0.05, 0) is 56.4 Å². The molecule has 1 aromatic rings. The van der Waals surface area contributed by atoms with Crippen molar-refractivity contribution in [2.75, 3.05) is 6.61 Å². The van der Waals surface area contributed by atoms with Gasteiger partial charge in [0.2, 0.25) is 0 Å². The summed E-state index contributed by atoms with van der Waals surface area (Å²) < 4.78 is 10.6. The molecule has 0 bridgehead atoms. The zero-order chi connectivity index (χ0) is 21.6. The summed E-state index contributed by atoms with van der Waals surface area (Å²) in [5.74, 6) is 0.749. The van der Waals surface area contributed by atoms with E-state index < -0.39 is 0 Å². The molecule has 0 spiro atoms. The number of hydrogen-bond donors (Lipinski definition) is 1. The number of esters is 1. The largest absolute Gasteiger partial charge is 0.466 e. The number of benzene rings is 1. The van der Waals surface area contributed by atoms with Gasteiger partial charge in [0, 0.05) is 12.5 Å². The molecule has 168 valence electrons. The fourth-order valence-corrected chi connectivity index (χ4v) is 4.43. The molecule has 0 aromatic heterocycles. The van der Waals surface area contributed by atoms with Crippen LogP contribution >= 0.6 is 0 Å². The highest BCUT2D eigenvalue weighted by Crippen LogP contribution is 2.31. The van der Waals surface area contributed by atoms with Crippen molar-refractivity contribution in [2.24, 2.45) is 11.8 Å². The predicted octanol–water partition coefficient (Wildman–Crippen LogP) is 6.01. The third-order valence-electron chi connectivity index (χ3n) is 6.10. The molecule has 30 heavy (non-hydrogen) atoms. The van der Waals surface area contributed by atoms with E-state index in [2.05, 4.69) is 12.2 Å². The molecule has 5 heteroatoms. The molecule has 5 nitrogen and oxygen atoms in total. The van der Waals surface area contributed by atoms with Crippen LogP contribution in [0.15, 0.2) is 30.3 Å². The standard InChI is InChI=1S/C25H39NO4/c1-3-5-7-14-22-17-16-20(18-24(27)29-4-2)13-10-15-23(22)26-25(28)30-19-21-11-8-6-9-12-21/h6,8-9,11-12,20,22-23H,3-5,7,10,13-19H2,1-2H3,(H,26,28)/t20?,22-,23-/m1/s1. The number of rotatable bonds is 10. The first-order valence-electron chi connectivity index (χ1n) is 11.7. The molecule has 1 N–H and O–H groups in total. The van der Waals surface area contributed by atoms with Gasteiger partial charge in [-0.15, -0.1) is 0 Å². The SMILES string of the molecule is CCCCC[C@@H]1CCC(CC(=O)OCC)CCC[C@H]1NC(=O)OCc1ccccc1. The molecule has 1 unspecified atom stereocenters. The fourth-order valence-electron chi connectivity index (χ4n) is 4.43. The molecule has 0 saturated heterocycles. The molecule has 1 amide bonds. The van der Waals surface area contributed by atoms with E-state index in [1.165, 1.54) is 19.3 Å². The maximum Gasteiger partial charge on any atom is 0.407 e. The molecule has 1 aliphatic carbocycles. The average molecular weight is 418 g/mol. The van der Waals surface area contributed by atoms with Gasteiger partial charge >= 0.3 is 12.1 Å². The smallest absolute Gasteiger partial charge is 0.407 e. The summed E-state index contributed by atoms with van der Waals surface area (Å²) in [7, 11) is 0. The monoisotopic (exact) mass is 417 g/mol. The van der Waals surface area contributed by atoms with Crippen molar-refractivity contribution in [2.45, 2.75) is 90.7 Å². The maximum atomic E-state index is 12.4. The molecule has 0 heterocycles. The third kappa shape index (κ3) is 9.19. The zero-order valence-electron chi connectivity index (χ0n) is 18.7. The van der Waals surface area contributed by atoms with E-state index in [9.17, 15) is 9.59 Å². The first-order valence-corrected chi connectivity index (χ1v) is 11.7. The normalized spacial score (nSPS) is 21.9. The minimum Gasteiger partial charge on any atom is -0.466 e.